The fourth-order valence-electron chi connectivity index (χ4n) is 3.84. The second-order valence-corrected chi connectivity index (χ2v) is 10.0. The van der Waals surface area contributed by atoms with Crippen LogP contribution in [0.2, 0.25) is 0 Å². The van der Waals surface area contributed by atoms with Gasteiger partial charge in [-0.15, -0.1) is 0 Å². The summed E-state index contributed by atoms with van der Waals surface area (Å²) in [5.74, 6) is -0.293. The van der Waals surface area contributed by atoms with Gasteiger partial charge in [-0.2, -0.15) is 13.2 Å². The van der Waals surface area contributed by atoms with E-state index in [-0.39, 0.29) is 31.0 Å². The molecule has 180 valence electrons. The van der Waals surface area contributed by atoms with Gasteiger partial charge in [0, 0.05) is 37.4 Å². The van der Waals surface area contributed by atoms with Crippen molar-refractivity contribution in [3.05, 3.63) is 54.1 Å². The number of rotatable bonds is 8. The Balaban J connectivity index is 1.56. The van der Waals surface area contributed by atoms with Crippen LogP contribution in [0.25, 0.3) is 0 Å². The summed E-state index contributed by atoms with van der Waals surface area (Å²) >= 11 is 0. The summed E-state index contributed by atoms with van der Waals surface area (Å²) < 4.78 is 64.2. The molecule has 1 amide bonds. The highest BCUT2D eigenvalue weighted by molar-refractivity contribution is 7.92. The molecule has 33 heavy (non-hydrogen) atoms. The summed E-state index contributed by atoms with van der Waals surface area (Å²) in [5.41, 5.74) is 0.733. The number of carbonyl (C=O) groups is 1. The van der Waals surface area contributed by atoms with E-state index in [1.165, 1.54) is 25.3 Å². The SMILES string of the molecule is CS(=O)(=O)N(CCCC(=O)Nc1ccc(N2CCCCC2)cc1)c1cccc(C(F)(F)F)c1. The minimum Gasteiger partial charge on any atom is -0.372 e. The Morgan fingerprint density at radius 1 is 1.06 bits per heavy atom. The van der Waals surface area contributed by atoms with E-state index in [0.717, 1.165) is 47.5 Å². The predicted octanol–water partition coefficient (Wildman–Crippen LogP) is 4.88. The van der Waals surface area contributed by atoms with Gasteiger partial charge in [-0.1, -0.05) is 6.07 Å². The lowest BCUT2D eigenvalue weighted by Crippen LogP contribution is -2.31. The lowest BCUT2D eigenvalue weighted by Gasteiger charge is -2.28. The zero-order valence-electron chi connectivity index (χ0n) is 18.4. The molecule has 3 rings (SSSR count). The number of carbonyl (C=O) groups excluding carboxylic acids is 1. The van der Waals surface area contributed by atoms with Crippen molar-refractivity contribution in [2.24, 2.45) is 0 Å². The average molecular weight is 484 g/mol. The maximum atomic E-state index is 13.0. The summed E-state index contributed by atoms with van der Waals surface area (Å²) in [4.78, 5) is 14.6. The van der Waals surface area contributed by atoms with Gasteiger partial charge in [0.1, 0.15) is 0 Å². The third-order valence-electron chi connectivity index (χ3n) is 5.50. The molecule has 1 aliphatic rings. The molecule has 1 heterocycles. The lowest BCUT2D eigenvalue weighted by atomic mass is 10.1. The van der Waals surface area contributed by atoms with Gasteiger partial charge in [0.2, 0.25) is 15.9 Å². The van der Waals surface area contributed by atoms with Crippen LogP contribution in [0.15, 0.2) is 48.5 Å². The maximum absolute atomic E-state index is 13.0. The Morgan fingerprint density at radius 2 is 1.73 bits per heavy atom. The molecule has 1 N–H and O–H groups in total. The molecule has 0 unspecified atom stereocenters. The summed E-state index contributed by atoms with van der Waals surface area (Å²) in [6.45, 7) is 1.93. The molecule has 2 aromatic carbocycles. The molecule has 1 saturated heterocycles. The van der Waals surface area contributed by atoms with Crippen LogP contribution in [0.4, 0.5) is 30.2 Å². The summed E-state index contributed by atoms with van der Waals surface area (Å²) in [6.07, 6.45) is 0.113. The van der Waals surface area contributed by atoms with Crippen LogP contribution in [0.5, 0.6) is 0 Å². The van der Waals surface area contributed by atoms with Gasteiger partial charge in [0.05, 0.1) is 17.5 Å². The van der Waals surface area contributed by atoms with E-state index in [0.29, 0.717) is 5.69 Å². The van der Waals surface area contributed by atoms with Gasteiger partial charge in [0.15, 0.2) is 0 Å². The molecule has 6 nitrogen and oxygen atoms in total. The number of hydrogen-bond donors (Lipinski definition) is 1. The number of sulfonamides is 1. The van der Waals surface area contributed by atoms with Crippen molar-refractivity contribution in [2.75, 3.05) is 40.4 Å². The Morgan fingerprint density at radius 3 is 2.33 bits per heavy atom. The number of benzene rings is 2. The molecule has 0 aromatic heterocycles. The van der Waals surface area contributed by atoms with E-state index in [9.17, 15) is 26.4 Å². The van der Waals surface area contributed by atoms with Crippen molar-refractivity contribution in [3.63, 3.8) is 0 Å². The first-order valence-electron chi connectivity index (χ1n) is 10.8. The molecule has 0 bridgehead atoms. The largest absolute Gasteiger partial charge is 0.416 e. The van der Waals surface area contributed by atoms with Crippen molar-refractivity contribution in [3.8, 4) is 0 Å². The molecule has 0 radical (unpaired) electrons. The Labute approximate surface area is 192 Å². The molecule has 1 aliphatic heterocycles. The van der Waals surface area contributed by atoms with Crippen molar-refractivity contribution >= 4 is 33.0 Å². The second kappa shape index (κ2) is 10.5. The van der Waals surface area contributed by atoms with Crippen molar-refractivity contribution in [1.82, 2.24) is 0 Å². The van der Waals surface area contributed by atoms with Crippen LogP contribution in [-0.4, -0.2) is 40.2 Å². The summed E-state index contributed by atoms with van der Waals surface area (Å²) in [6, 6.07) is 11.7. The van der Waals surface area contributed by atoms with E-state index >= 15 is 0 Å². The van der Waals surface area contributed by atoms with Gasteiger partial charge < -0.3 is 10.2 Å². The third kappa shape index (κ3) is 7.12. The average Bonchev–Trinajstić information content (AvgIpc) is 2.76. The molecular formula is C23H28F3N3O3S. The first-order chi connectivity index (χ1) is 15.5. The zero-order chi connectivity index (χ0) is 24.1. The highest BCUT2D eigenvalue weighted by Crippen LogP contribution is 2.32. The molecule has 10 heteroatoms. The number of anilines is 3. The van der Waals surface area contributed by atoms with Gasteiger partial charge in [-0.3, -0.25) is 9.10 Å². The van der Waals surface area contributed by atoms with E-state index in [1.54, 1.807) is 0 Å². The van der Waals surface area contributed by atoms with Crippen LogP contribution in [0.1, 0.15) is 37.7 Å². The second-order valence-electron chi connectivity index (χ2n) is 8.13. The summed E-state index contributed by atoms with van der Waals surface area (Å²) in [7, 11) is -3.82. The molecule has 0 saturated carbocycles. The number of nitrogens with zero attached hydrogens (tertiary/aromatic N) is 2. The Bertz CT molecular complexity index is 1050. The van der Waals surface area contributed by atoms with Crippen LogP contribution >= 0.6 is 0 Å². The summed E-state index contributed by atoms with van der Waals surface area (Å²) in [5, 5.41) is 2.78. The minimum atomic E-state index is -4.58. The minimum absolute atomic E-state index is 0.0266. The molecular weight excluding hydrogens is 455 g/mol. The number of piperidine rings is 1. The van der Waals surface area contributed by atoms with Gasteiger partial charge >= 0.3 is 6.18 Å². The Kier molecular flexibility index (Phi) is 7.88. The first kappa shape index (κ1) is 24.9. The fraction of sp³-hybridized carbons (Fsp3) is 0.435. The van der Waals surface area contributed by atoms with E-state index < -0.39 is 21.8 Å². The topological polar surface area (TPSA) is 69.7 Å². The monoisotopic (exact) mass is 483 g/mol. The highest BCUT2D eigenvalue weighted by Gasteiger charge is 2.31. The van der Waals surface area contributed by atoms with E-state index in [2.05, 4.69) is 10.2 Å². The standard InChI is InChI=1S/C23H28F3N3O3S/c1-33(31,32)29(21-8-5-7-18(17-21)23(24,25)26)16-6-9-22(30)27-19-10-12-20(13-11-19)28-14-3-2-4-15-28/h5,7-8,10-13,17H,2-4,6,9,14-16H2,1H3,(H,27,30). The van der Waals surface area contributed by atoms with Crippen LogP contribution in [0, 0.1) is 0 Å². The van der Waals surface area contributed by atoms with Gasteiger partial charge in [0.25, 0.3) is 0 Å². The first-order valence-corrected chi connectivity index (χ1v) is 12.7. The predicted molar refractivity (Wildman–Crippen MR) is 124 cm³/mol. The van der Waals surface area contributed by atoms with Crippen LogP contribution < -0.4 is 14.5 Å². The number of alkyl halides is 3. The number of amides is 1. The normalized spacial score (nSPS) is 14.7. The molecule has 2 aromatic rings. The quantitative estimate of drug-likeness (QED) is 0.581. The molecule has 0 spiro atoms. The third-order valence-corrected chi connectivity index (χ3v) is 6.69. The fourth-order valence-corrected chi connectivity index (χ4v) is 4.80. The van der Waals surface area contributed by atoms with Crippen LogP contribution in [0.3, 0.4) is 0 Å². The van der Waals surface area contributed by atoms with Gasteiger partial charge in [-0.25, -0.2) is 8.42 Å². The van der Waals surface area contributed by atoms with Crippen molar-refractivity contribution in [2.45, 2.75) is 38.3 Å². The zero-order valence-corrected chi connectivity index (χ0v) is 19.3. The van der Waals surface area contributed by atoms with Crippen molar-refractivity contribution < 1.29 is 26.4 Å². The maximum Gasteiger partial charge on any atom is 0.416 e. The Hall–Kier alpha value is -2.75. The van der Waals surface area contributed by atoms with Gasteiger partial charge in [-0.05, 0) is 68.1 Å². The molecule has 1 fully saturated rings. The highest BCUT2D eigenvalue weighted by atomic mass is 32.2. The van der Waals surface area contributed by atoms with Crippen molar-refractivity contribution in [1.29, 1.82) is 0 Å². The number of hydrogen-bond acceptors (Lipinski definition) is 4. The van der Waals surface area contributed by atoms with E-state index in [1.807, 2.05) is 24.3 Å². The van der Waals surface area contributed by atoms with Crippen LogP contribution in [-0.2, 0) is 21.0 Å². The molecule has 0 atom stereocenters. The number of nitrogens with one attached hydrogen (secondary N) is 1. The smallest absolute Gasteiger partial charge is 0.372 e. The number of halogens is 3. The lowest BCUT2D eigenvalue weighted by molar-refractivity contribution is -0.137. The van der Waals surface area contributed by atoms with E-state index in [4.69, 9.17) is 0 Å². The molecule has 0 aliphatic carbocycles.